The van der Waals surface area contributed by atoms with E-state index in [1.807, 2.05) is 0 Å². The van der Waals surface area contributed by atoms with Crippen molar-refractivity contribution in [2.75, 3.05) is 10.7 Å². The summed E-state index contributed by atoms with van der Waals surface area (Å²) in [6.45, 7) is 0. The third-order valence-electron chi connectivity index (χ3n) is 7.14. The van der Waals surface area contributed by atoms with Crippen LogP contribution in [0.3, 0.4) is 0 Å². The zero-order valence-electron chi connectivity index (χ0n) is 20.9. The molecule has 6 nitrogen and oxygen atoms in total. The van der Waals surface area contributed by atoms with E-state index in [1.54, 1.807) is 12.1 Å². The molecule has 1 aliphatic heterocycles. The van der Waals surface area contributed by atoms with Crippen LogP contribution in [0.5, 0.6) is 0 Å². The van der Waals surface area contributed by atoms with E-state index >= 15 is 0 Å². The van der Waals surface area contributed by atoms with Gasteiger partial charge in [0.2, 0.25) is 0 Å². The summed E-state index contributed by atoms with van der Waals surface area (Å²) >= 11 is 6.22. The molecule has 0 bridgehead atoms. The number of nitrogens with zero attached hydrogens (tertiary/aromatic N) is 2. The van der Waals surface area contributed by atoms with E-state index in [9.17, 15) is 39.9 Å². The number of rotatable bonds is 6. The largest absolute Gasteiger partial charge is 0.431 e. The van der Waals surface area contributed by atoms with Crippen LogP contribution in [0.2, 0.25) is 5.02 Å². The average molecular weight is 618 g/mol. The lowest BCUT2D eigenvalue weighted by atomic mass is 9.89. The smallest absolute Gasteiger partial charge is 0.398 e. The van der Waals surface area contributed by atoms with Crippen LogP contribution in [0.15, 0.2) is 76.7 Å². The monoisotopic (exact) mass is 617 g/mol. The van der Waals surface area contributed by atoms with Crippen molar-refractivity contribution in [1.29, 1.82) is 0 Å². The summed E-state index contributed by atoms with van der Waals surface area (Å²) in [5.41, 5.74) is 0.707. The predicted molar refractivity (Wildman–Crippen MR) is 142 cm³/mol. The fourth-order valence-electron chi connectivity index (χ4n) is 4.80. The number of alkyl halides is 6. The number of aliphatic hydroxyl groups is 1. The molecule has 3 aromatic carbocycles. The van der Waals surface area contributed by atoms with Gasteiger partial charge < -0.3 is 10.8 Å². The fourth-order valence-corrected chi connectivity index (χ4v) is 6.72. The van der Waals surface area contributed by atoms with E-state index in [-0.39, 0.29) is 26.9 Å². The number of para-hydroxylation sites is 1. The van der Waals surface area contributed by atoms with Gasteiger partial charge in [-0.05, 0) is 54.3 Å². The quantitative estimate of drug-likeness (QED) is 0.237. The molecule has 3 aromatic rings. The Balaban J connectivity index is 1.56. The lowest BCUT2D eigenvalue weighted by molar-refractivity contribution is -0.338. The molecule has 14 heteroatoms. The van der Waals surface area contributed by atoms with Crippen LogP contribution >= 0.6 is 11.6 Å². The van der Waals surface area contributed by atoms with Crippen LogP contribution in [0.1, 0.15) is 30.9 Å². The number of halogens is 7. The third kappa shape index (κ3) is 5.04. The van der Waals surface area contributed by atoms with Gasteiger partial charge in [-0.2, -0.15) is 31.4 Å². The number of nitrogens with two attached hydrogens (primary N) is 1. The zero-order valence-corrected chi connectivity index (χ0v) is 22.5. The van der Waals surface area contributed by atoms with Gasteiger partial charge in [-0.1, -0.05) is 48.0 Å². The lowest BCUT2D eigenvalue weighted by Crippen LogP contribution is -2.62. The Morgan fingerprint density at radius 2 is 1.59 bits per heavy atom. The van der Waals surface area contributed by atoms with Crippen LogP contribution in [0, 0.1) is 0 Å². The third-order valence-corrected chi connectivity index (χ3v) is 9.72. The first-order valence-corrected chi connectivity index (χ1v) is 14.2. The molecular weight excluding hydrogens is 596 g/mol. The minimum atomic E-state index is -6.11. The molecule has 0 aromatic heterocycles. The van der Waals surface area contributed by atoms with E-state index in [0.717, 1.165) is 5.01 Å². The van der Waals surface area contributed by atoms with E-state index in [0.29, 0.717) is 24.0 Å². The summed E-state index contributed by atoms with van der Waals surface area (Å²) in [5, 5.41) is 14.1. The highest BCUT2D eigenvalue weighted by Gasteiger charge is 2.74. The second-order valence-electron chi connectivity index (χ2n) is 9.89. The Bertz CT molecular complexity index is 1620. The van der Waals surface area contributed by atoms with Gasteiger partial charge in [-0.25, -0.2) is 8.42 Å². The van der Waals surface area contributed by atoms with Crippen molar-refractivity contribution in [3.05, 3.63) is 77.3 Å². The van der Waals surface area contributed by atoms with Crippen molar-refractivity contribution in [3.8, 4) is 11.1 Å². The maximum absolute atomic E-state index is 13.7. The van der Waals surface area contributed by atoms with Gasteiger partial charge >= 0.3 is 12.4 Å². The van der Waals surface area contributed by atoms with E-state index in [2.05, 4.69) is 5.10 Å². The van der Waals surface area contributed by atoms with Crippen LogP contribution in [-0.4, -0.2) is 42.4 Å². The SMILES string of the molecule is Nc1cc(C2CC(C(O)(C(F)(F)F)C(F)(F)F)=NN2c2ccccc2Cl)ccc1-c1cccc(S(=O)(=O)C2CC2)c1. The Morgan fingerprint density at radius 1 is 0.927 bits per heavy atom. The maximum atomic E-state index is 13.7. The summed E-state index contributed by atoms with van der Waals surface area (Å²) in [6.07, 6.45) is -12.0. The molecule has 41 heavy (non-hydrogen) atoms. The van der Waals surface area contributed by atoms with Crippen LogP contribution in [0.25, 0.3) is 11.1 Å². The molecule has 0 spiro atoms. The molecule has 1 atom stereocenters. The molecule has 0 radical (unpaired) electrons. The predicted octanol–water partition coefficient (Wildman–Crippen LogP) is 6.69. The van der Waals surface area contributed by atoms with Crippen molar-refractivity contribution in [2.45, 2.75) is 53.4 Å². The summed E-state index contributed by atoms with van der Waals surface area (Å²) in [4.78, 5) is 0.123. The second-order valence-corrected chi connectivity index (χ2v) is 12.5. The number of hydrogen-bond acceptors (Lipinski definition) is 6. The highest BCUT2D eigenvalue weighted by atomic mass is 35.5. The Labute approximate surface area is 235 Å². The average Bonchev–Trinajstić information content (AvgIpc) is 3.67. The van der Waals surface area contributed by atoms with Crippen molar-refractivity contribution in [3.63, 3.8) is 0 Å². The Kier molecular flexibility index (Phi) is 7.06. The highest BCUT2D eigenvalue weighted by molar-refractivity contribution is 7.92. The molecule has 1 unspecified atom stereocenters. The van der Waals surface area contributed by atoms with Crippen LogP contribution in [-0.2, 0) is 9.84 Å². The molecule has 1 aliphatic carbocycles. The molecule has 3 N–H and O–H groups in total. The first-order chi connectivity index (χ1) is 19.1. The first-order valence-electron chi connectivity index (χ1n) is 12.3. The second kappa shape index (κ2) is 9.92. The molecule has 1 fully saturated rings. The van der Waals surface area contributed by atoms with Crippen LogP contribution in [0.4, 0.5) is 37.7 Å². The number of anilines is 2. The van der Waals surface area contributed by atoms with Gasteiger partial charge in [0.15, 0.2) is 9.84 Å². The van der Waals surface area contributed by atoms with Gasteiger partial charge in [-0.3, -0.25) is 5.01 Å². The fraction of sp³-hybridized carbons (Fsp3) is 0.296. The number of hydrogen-bond donors (Lipinski definition) is 2. The Hall–Kier alpha value is -3.29. The number of benzene rings is 3. The van der Waals surface area contributed by atoms with Crippen molar-refractivity contribution in [1.82, 2.24) is 0 Å². The number of sulfone groups is 1. The van der Waals surface area contributed by atoms with Crippen molar-refractivity contribution in [2.24, 2.45) is 5.10 Å². The highest BCUT2D eigenvalue weighted by Crippen LogP contribution is 2.50. The van der Waals surface area contributed by atoms with Gasteiger partial charge in [-0.15, -0.1) is 0 Å². The van der Waals surface area contributed by atoms with E-state index in [1.165, 1.54) is 54.6 Å². The summed E-state index contributed by atoms with van der Waals surface area (Å²) in [6, 6.07) is 15.0. The topological polar surface area (TPSA) is 96.0 Å². The summed E-state index contributed by atoms with van der Waals surface area (Å²) < 4.78 is 108. The standard InChI is InChI=1S/C27H22ClF6N3O3S/c28-20-6-1-2-7-22(20)37-23(14-24(36-37)25(38,26(29,30)31)27(32,33)34)16-8-11-19(21(35)13-16)15-4-3-5-18(12-15)41(39,40)17-9-10-17/h1-8,11-13,17,23,38H,9-10,14,35H2. The molecule has 5 rings (SSSR count). The van der Waals surface area contributed by atoms with Crippen molar-refractivity contribution < 1.29 is 39.9 Å². The maximum Gasteiger partial charge on any atom is 0.431 e. The zero-order chi connectivity index (χ0) is 30.0. The molecule has 1 heterocycles. The van der Waals surface area contributed by atoms with E-state index in [4.69, 9.17) is 17.3 Å². The van der Waals surface area contributed by atoms with Gasteiger partial charge in [0, 0.05) is 17.7 Å². The van der Waals surface area contributed by atoms with Gasteiger partial charge in [0.25, 0.3) is 5.60 Å². The first kappa shape index (κ1) is 29.2. The molecule has 1 saturated carbocycles. The minimum absolute atomic E-state index is 0.00309. The molecule has 0 amide bonds. The lowest BCUT2D eigenvalue weighted by Gasteiger charge is -2.32. The van der Waals surface area contributed by atoms with E-state index < -0.39 is 51.2 Å². The Morgan fingerprint density at radius 3 is 2.17 bits per heavy atom. The number of nitrogen functional groups attached to an aromatic ring is 1. The molecule has 218 valence electrons. The minimum Gasteiger partial charge on any atom is -0.398 e. The normalized spacial score (nSPS) is 18.5. The summed E-state index contributed by atoms with van der Waals surface area (Å²) in [7, 11) is -3.50. The molecular formula is C27H22ClF6N3O3S. The van der Waals surface area contributed by atoms with Gasteiger partial charge in [0.1, 0.15) is 0 Å². The molecule has 2 aliphatic rings. The van der Waals surface area contributed by atoms with Crippen LogP contribution < -0.4 is 10.7 Å². The van der Waals surface area contributed by atoms with Crippen molar-refractivity contribution >= 4 is 38.5 Å². The number of hydrazone groups is 1. The molecule has 0 saturated heterocycles. The summed E-state index contributed by atoms with van der Waals surface area (Å²) in [5.74, 6) is 0. The van der Waals surface area contributed by atoms with Gasteiger partial charge in [0.05, 0.1) is 32.6 Å².